The predicted molar refractivity (Wildman–Crippen MR) is 121 cm³/mol. The lowest BCUT2D eigenvalue weighted by molar-refractivity contribution is 0.874. The molecule has 0 aliphatic heterocycles. The Kier molecular flexibility index (Phi) is 5.16. The molecule has 0 unspecified atom stereocenters. The predicted octanol–water partition coefficient (Wildman–Crippen LogP) is 7.73. The molecule has 1 heteroatoms. The Morgan fingerprint density at radius 3 is 1.50 bits per heavy atom. The van der Waals surface area contributed by atoms with Crippen LogP contribution in [0.5, 0.6) is 0 Å². The topological polar surface area (TPSA) is 3.24 Å². The van der Waals surface area contributed by atoms with Gasteiger partial charge in [-0.1, -0.05) is 71.3 Å². The third kappa shape index (κ3) is 3.94. The van der Waals surface area contributed by atoms with E-state index in [-0.39, 0.29) is 0 Å². The number of hydrogen-bond acceptors (Lipinski definition) is 1. The lowest BCUT2D eigenvalue weighted by atomic mass is 10.0. The van der Waals surface area contributed by atoms with Crippen LogP contribution in [0, 0.1) is 13.8 Å². The van der Waals surface area contributed by atoms with Crippen LogP contribution in [-0.4, -0.2) is 0 Å². The number of allylic oxidation sites excluding steroid dienone is 4. The van der Waals surface area contributed by atoms with Crippen molar-refractivity contribution in [3.8, 4) is 11.1 Å². The maximum Gasteiger partial charge on any atom is 0.0458 e. The van der Waals surface area contributed by atoms with Gasteiger partial charge in [-0.15, -0.1) is 0 Å². The molecule has 0 radical (unpaired) electrons. The van der Waals surface area contributed by atoms with E-state index in [4.69, 9.17) is 0 Å². The SMILES string of the molecule is CC1=CC=C(N(c2ccc(C)cc2)c2ccc(-c3ccc(C)cc3)cc2)CC1. The zero-order chi connectivity index (χ0) is 19.5. The molecule has 1 aliphatic carbocycles. The minimum absolute atomic E-state index is 1.07. The largest absolute Gasteiger partial charge is 0.314 e. The van der Waals surface area contributed by atoms with Crippen LogP contribution in [0.4, 0.5) is 11.4 Å². The van der Waals surface area contributed by atoms with Gasteiger partial charge in [0.25, 0.3) is 0 Å². The summed E-state index contributed by atoms with van der Waals surface area (Å²) in [5.74, 6) is 0. The Bertz CT molecular complexity index is 1000. The second-order valence-corrected chi connectivity index (χ2v) is 7.75. The number of benzene rings is 3. The Hall–Kier alpha value is -3.06. The molecule has 0 amide bonds. The molecule has 0 heterocycles. The van der Waals surface area contributed by atoms with E-state index in [2.05, 4.69) is 111 Å². The lowest BCUT2D eigenvalue weighted by Gasteiger charge is -2.29. The first-order chi connectivity index (χ1) is 13.6. The fourth-order valence-electron chi connectivity index (χ4n) is 3.64. The summed E-state index contributed by atoms with van der Waals surface area (Å²) in [5.41, 5.74) is 10.3. The molecule has 0 fully saturated rings. The van der Waals surface area contributed by atoms with Crippen molar-refractivity contribution in [2.45, 2.75) is 33.6 Å². The molecule has 3 aromatic rings. The van der Waals surface area contributed by atoms with Crippen LogP contribution in [0.1, 0.15) is 30.9 Å². The van der Waals surface area contributed by atoms with Gasteiger partial charge in [0.2, 0.25) is 0 Å². The number of aryl methyl sites for hydroxylation is 2. The molecule has 0 spiro atoms. The van der Waals surface area contributed by atoms with Gasteiger partial charge in [-0.05, 0) is 75.1 Å². The third-order valence-corrected chi connectivity index (χ3v) is 5.43. The maximum absolute atomic E-state index is 2.39. The molecule has 3 aromatic carbocycles. The van der Waals surface area contributed by atoms with Crippen LogP contribution in [0.2, 0.25) is 0 Å². The number of anilines is 2. The fraction of sp³-hybridized carbons (Fsp3) is 0.185. The molecule has 28 heavy (non-hydrogen) atoms. The van der Waals surface area contributed by atoms with Gasteiger partial charge in [-0.25, -0.2) is 0 Å². The molecule has 1 aliphatic rings. The van der Waals surface area contributed by atoms with Crippen molar-refractivity contribution in [3.05, 3.63) is 107 Å². The lowest BCUT2D eigenvalue weighted by Crippen LogP contribution is -2.17. The highest BCUT2D eigenvalue weighted by Crippen LogP contribution is 2.35. The zero-order valence-electron chi connectivity index (χ0n) is 16.9. The van der Waals surface area contributed by atoms with Crippen LogP contribution in [-0.2, 0) is 0 Å². The maximum atomic E-state index is 2.39. The molecule has 0 N–H and O–H groups in total. The van der Waals surface area contributed by atoms with Crippen molar-refractivity contribution in [1.82, 2.24) is 0 Å². The zero-order valence-corrected chi connectivity index (χ0v) is 16.9. The van der Waals surface area contributed by atoms with Crippen molar-refractivity contribution >= 4 is 11.4 Å². The molecule has 1 nitrogen and oxygen atoms in total. The Balaban J connectivity index is 1.72. The number of hydrogen-bond donors (Lipinski definition) is 0. The monoisotopic (exact) mass is 365 g/mol. The molecule has 0 saturated heterocycles. The van der Waals surface area contributed by atoms with Gasteiger partial charge in [0, 0.05) is 17.1 Å². The highest BCUT2D eigenvalue weighted by atomic mass is 15.1. The van der Waals surface area contributed by atoms with E-state index in [0.717, 1.165) is 12.8 Å². The van der Waals surface area contributed by atoms with Crippen LogP contribution >= 0.6 is 0 Å². The van der Waals surface area contributed by atoms with Crippen LogP contribution in [0.3, 0.4) is 0 Å². The van der Waals surface area contributed by atoms with E-state index in [0.29, 0.717) is 0 Å². The van der Waals surface area contributed by atoms with Crippen molar-refractivity contribution < 1.29 is 0 Å². The van der Waals surface area contributed by atoms with Gasteiger partial charge in [-0.3, -0.25) is 0 Å². The summed E-state index contributed by atoms with van der Waals surface area (Å²) in [6.45, 7) is 6.47. The first-order valence-corrected chi connectivity index (χ1v) is 10.0. The highest BCUT2D eigenvalue weighted by Gasteiger charge is 2.16. The van der Waals surface area contributed by atoms with Crippen molar-refractivity contribution in [2.75, 3.05) is 4.90 Å². The highest BCUT2D eigenvalue weighted by molar-refractivity contribution is 5.73. The Morgan fingerprint density at radius 2 is 1.00 bits per heavy atom. The number of rotatable bonds is 4. The molecule has 0 bridgehead atoms. The fourth-order valence-corrected chi connectivity index (χ4v) is 3.64. The minimum Gasteiger partial charge on any atom is -0.314 e. The summed E-state index contributed by atoms with van der Waals surface area (Å²) in [6.07, 6.45) is 6.71. The summed E-state index contributed by atoms with van der Waals surface area (Å²) < 4.78 is 0. The summed E-state index contributed by atoms with van der Waals surface area (Å²) >= 11 is 0. The van der Waals surface area contributed by atoms with Gasteiger partial charge in [0.15, 0.2) is 0 Å². The van der Waals surface area contributed by atoms with Gasteiger partial charge < -0.3 is 4.90 Å². The Morgan fingerprint density at radius 1 is 0.536 bits per heavy atom. The summed E-state index contributed by atoms with van der Waals surface area (Å²) in [7, 11) is 0. The average molecular weight is 366 g/mol. The molecule has 140 valence electrons. The van der Waals surface area contributed by atoms with Crippen LogP contribution < -0.4 is 4.90 Å². The molecule has 0 aromatic heterocycles. The van der Waals surface area contributed by atoms with Gasteiger partial charge in [0.05, 0.1) is 0 Å². The van der Waals surface area contributed by atoms with E-state index in [9.17, 15) is 0 Å². The van der Waals surface area contributed by atoms with Gasteiger partial charge in [-0.2, -0.15) is 0 Å². The summed E-state index contributed by atoms with van der Waals surface area (Å²) in [4.78, 5) is 2.39. The second kappa shape index (κ2) is 7.90. The van der Waals surface area contributed by atoms with Gasteiger partial charge in [0.1, 0.15) is 0 Å². The standard InChI is InChI=1S/C27H27N/c1-20-4-10-23(11-5-20)24-12-18-27(19-13-24)28(25-14-6-21(2)7-15-25)26-16-8-22(3)9-17-26/h4-8,10-16,18-19H,9,17H2,1-3H3. The van der Waals surface area contributed by atoms with Crippen molar-refractivity contribution in [1.29, 1.82) is 0 Å². The third-order valence-electron chi connectivity index (χ3n) is 5.43. The summed E-state index contributed by atoms with van der Waals surface area (Å²) in [5, 5.41) is 0. The molecular weight excluding hydrogens is 338 g/mol. The van der Waals surface area contributed by atoms with Gasteiger partial charge >= 0.3 is 0 Å². The second-order valence-electron chi connectivity index (χ2n) is 7.75. The van der Waals surface area contributed by atoms with Crippen molar-refractivity contribution in [3.63, 3.8) is 0 Å². The molecule has 4 rings (SSSR count). The Labute approximate surface area is 168 Å². The summed E-state index contributed by atoms with van der Waals surface area (Å²) in [6, 6.07) is 26.5. The van der Waals surface area contributed by atoms with E-state index in [1.165, 1.54) is 44.9 Å². The minimum atomic E-state index is 1.07. The average Bonchev–Trinajstić information content (AvgIpc) is 2.72. The molecular formula is C27H27N. The molecule has 0 saturated carbocycles. The van der Waals surface area contributed by atoms with Crippen molar-refractivity contribution in [2.24, 2.45) is 0 Å². The van der Waals surface area contributed by atoms with E-state index >= 15 is 0 Å². The van der Waals surface area contributed by atoms with E-state index in [1.54, 1.807) is 0 Å². The number of nitrogens with zero attached hydrogens (tertiary/aromatic N) is 1. The van der Waals surface area contributed by atoms with Crippen LogP contribution in [0.15, 0.2) is 96.2 Å². The molecule has 0 atom stereocenters. The van der Waals surface area contributed by atoms with E-state index < -0.39 is 0 Å². The first-order valence-electron chi connectivity index (χ1n) is 10.0. The quantitative estimate of drug-likeness (QED) is 0.457. The first kappa shape index (κ1) is 18.3. The normalized spacial score (nSPS) is 13.7. The smallest absolute Gasteiger partial charge is 0.0458 e. The van der Waals surface area contributed by atoms with E-state index in [1.807, 2.05) is 0 Å². The van der Waals surface area contributed by atoms with Crippen LogP contribution in [0.25, 0.3) is 11.1 Å².